The summed E-state index contributed by atoms with van der Waals surface area (Å²) in [5, 5.41) is 2.88. The molecule has 0 saturated carbocycles. The second kappa shape index (κ2) is 4.28. The van der Waals surface area contributed by atoms with Crippen LogP contribution >= 0.6 is 0 Å². The first kappa shape index (κ1) is 9.43. The highest BCUT2D eigenvalue weighted by Crippen LogP contribution is 2.05. The Morgan fingerprint density at radius 2 is 2.20 bits per heavy atom. The number of nitrogens with one attached hydrogen (secondary N) is 1. The van der Waals surface area contributed by atoms with Crippen molar-refractivity contribution in [3.63, 3.8) is 0 Å². The fourth-order valence-electron chi connectivity index (χ4n) is 0.943. The molecule has 0 heterocycles. The molecule has 3 heteroatoms. The fraction of sp³-hybridized carbons (Fsp3) is 0.857. The van der Waals surface area contributed by atoms with Gasteiger partial charge in [-0.05, 0) is 13.0 Å². The molecule has 0 bridgehead atoms. The molecule has 0 saturated heterocycles. The van der Waals surface area contributed by atoms with E-state index in [0.29, 0.717) is 5.92 Å². The molecule has 0 aliphatic heterocycles. The maximum Gasteiger partial charge on any atom is 0.234 e. The van der Waals surface area contributed by atoms with Crippen LogP contribution in [0.1, 0.15) is 20.3 Å². The van der Waals surface area contributed by atoms with Gasteiger partial charge in [0, 0.05) is 0 Å². The van der Waals surface area contributed by atoms with Crippen molar-refractivity contribution < 1.29 is 4.79 Å². The lowest BCUT2D eigenvalue weighted by Gasteiger charge is -2.18. The number of carbonyl (C=O) groups is 1. The van der Waals surface area contributed by atoms with Crippen LogP contribution in [-0.2, 0) is 4.79 Å². The van der Waals surface area contributed by atoms with E-state index in [2.05, 4.69) is 5.32 Å². The summed E-state index contributed by atoms with van der Waals surface area (Å²) in [4.78, 5) is 10.7. The number of hydrogen-bond acceptors (Lipinski definition) is 2. The molecule has 2 atom stereocenters. The van der Waals surface area contributed by atoms with Crippen LogP contribution in [0.4, 0.5) is 0 Å². The van der Waals surface area contributed by atoms with Crippen molar-refractivity contribution in [1.82, 2.24) is 5.32 Å². The van der Waals surface area contributed by atoms with Gasteiger partial charge in [-0.3, -0.25) is 4.79 Å². The van der Waals surface area contributed by atoms with E-state index in [-0.39, 0.29) is 11.9 Å². The average Bonchev–Trinajstić information content (AvgIpc) is 1.88. The molecule has 1 amide bonds. The molecule has 0 aliphatic carbocycles. The van der Waals surface area contributed by atoms with Gasteiger partial charge in [-0.25, -0.2) is 0 Å². The molecular formula is C7H16N2O. The highest BCUT2D eigenvalue weighted by Gasteiger charge is 2.18. The lowest BCUT2D eigenvalue weighted by molar-refractivity contribution is -0.121. The molecule has 0 fully saturated rings. The lowest BCUT2D eigenvalue weighted by atomic mass is 9.99. The molecule has 0 unspecified atom stereocenters. The first-order valence-electron chi connectivity index (χ1n) is 3.60. The van der Waals surface area contributed by atoms with Crippen LogP contribution in [0.15, 0.2) is 0 Å². The predicted molar refractivity (Wildman–Crippen MR) is 41.5 cm³/mol. The Hall–Kier alpha value is -0.570. The van der Waals surface area contributed by atoms with Gasteiger partial charge in [0.15, 0.2) is 0 Å². The third-order valence-electron chi connectivity index (χ3n) is 1.83. The molecular weight excluding hydrogens is 128 g/mol. The van der Waals surface area contributed by atoms with Gasteiger partial charge in [-0.1, -0.05) is 20.3 Å². The second-order valence-electron chi connectivity index (χ2n) is 2.55. The van der Waals surface area contributed by atoms with Crippen molar-refractivity contribution in [2.24, 2.45) is 11.7 Å². The van der Waals surface area contributed by atoms with Gasteiger partial charge in [0.05, 0.1) is 6.04 Å². The molecule has 10 heavy (non-hydrogen) atoms. The number of rotatable bonds is 4. The smallest absolute Gasteiger partial charge is 0.234 e. The topological polar surface area (TPSA) is 55.1 Å². The summed E-state index contributed by atoms with van der Waals surface area (Å²) in [5.41, 5.74) is 5.12. The molecule has 3 N–H and O–H groups in total. The second-order valence-corrected chi connectivity index (χ2v) is 2.55. The number of carbonyl (C=O) groups excluding carboxylic acids is 1. The first-order chi connectivity index (χ1) is 4.63. The quantitative estimate of drug-likeness (QED) is 0.588. The zero-order chi connectivity index (χ0) is 8.15. The summed E-state index contributed by atoms with van der Waals surface area (Å²) in [5.74, 6) is 0.0550. The van der Waals surface area contributed by atoms with Gasteiger partial charge in [0.1, 0.15) is 0 Å². The van der Waals surface area contributed by atoms with Crippen molar-refractivity contribution in [2.45, 2.75) is 26.3 Å². The average molecular weight is 144 g/mol. The fourth-order valence-corrected chi connectivity index (χ4v) is 0.943. The van der Waals surface area contributed by atoms with Crippen LogP contribution in [-0.4, -0.2) is 19.0 Å². The number of likely N-dealkylation sites (N-methyl/N-ethyl adjacent to an activating group) is 1. The maximum absolute atomic E-state index is 10.7. The summed E-state index contributed by atoms with van der Waals surface area (Å²) >= 11 is 0. The number of amides is 1. The van der Waals surface area contributed by atoms with Crippen molar-refractivity contribution in [1.29, 1.82) is 0 Å². The third kappa shape index (κ3) is 2.35. The maximum atomic E-state index is 10.7. The largest absolute Gasteiger partial charge is 0.368 e. The van der Waals surface area contributed by atoms with E-state index < -0.39 is 0 Å². The Bertz CT molecular complexity index is 114. The molecule has 0 spiro atoms. The molecule has 0 aromatic carbocycles. The van der Waals surface area contributed by atoms with Crippen LogP contribution < -0.4 is 11.1 Å². The van der Waals surface area contributed by atoms with E-state index in [1.54, 1.807) is 7.05 Å². The zero-order valence-electron chi connectivity index (χ0n) is 6.85. The Labute approximate surface area is 62.0 Å². The van der Waals surface area contributed by atoms with Crippen molar-refractivity contribution >= 4 is 5.91 Å². The summed E-state index contributed by atoms with van der Waals surface area (Å²) < 4.78 is 0. The standard InChI is InChI=1S/C7H16N2O/c1-4-5(2)6(9-3)7(8)10/h5-6,9H,4H2,1-3H3,(H2,8,10)/t5-,6+/m0/s1. The van der Waals surface area contributed by atoms with Gasteiger partial charge in [0.2, 0.25) is 5.91 Å². The minimum absolute atomic E-state index is 0.176. The van der Waals surface area contributed by atoms with E-state index in [9.17, 15) is 4.79 Å². The molecule has 60 valence electrons. The Balaban J connectivity index is 3.92. The Morgan fingerprint density at radius 3 is 2.30 bits per heavy atom. The Morgan fingerprint density at radius 1 is 1.70 bits per heavy atom. The zero-order valence-corrected chi connectivity index (χ0v) is 6.85. The van der Waals surface area contributed by atoms with Crippen LogP contribution in [0.2, 0.25) is 0 Å². The van der Waals surface area contributed by atoms with Crippen LogP contribution in [0.5, 0.6) is 0 Å². The van der Waals surface area contributed by atoms with Gasteiger partial charge in [-0.15, -0.1) is 0 Å². The van der Waals surface area contributed by atoms with E-state index in [0.717, 1.165) is 6.42 Å². The summed E-state index contributed by atoms with van der Waals surface area (Å²) in [6.45, 7) is 4.05. The van der Waals surface area contributed by atoms with E-state index in [1.165, 1.54) is 0 Å². The van der Waals surface area contributed by atoms with Crippen molar-refractivity contribution in [2.75, 3.05) is 7.05 Å². The Kier molecular flexibility index (Phi) is 4.03. The van der Waals surface area contributed by atoms with Crippen LogP contribution in [0.25, 0.3) is 0 Å². The normalized spacial score (nSPS) is 16.3. The summed E-state index contributed by atoms with van der Waals surface area (Å²) in [6.07, 6.45) is 0.967. The monoisotopic (exact) mass is 144 g/mol. The van der Waals surface area contributed by atoms with E-state index >= 15 is 0 Å². The van der Waals surface area contributed by atoms with Crippen molar-refractivity contribution in [3.05, 3.63) is 0 Å². The van der Waals surface area contributed by atoms with Gasteiger partial charge in [-0.2, -0.15) is 0 Å². The molecule has 3 nitrogen and oxygen atoms in total. The highest BCUT2D eigenvalue weighted by molar-refractivity contribution is 5.80. The SMILES string of the molecule is CC[C@H](C)[C@@H](NC)C(N)=O. The van der Waals surface area contributed by atoms with Gasteiger partial charge < -0.3 is 11.1 Å². The first-order valence-corrected chi connectivity index (χ1v) is 3.60. The minimum Gasteiger partial charge on any atom is -0.368 e. The van der Waals surface area contributed by atoms with Crippen LogP contribution in [0, 0.1) is 5.92 Å². The van der Waals surface area contributed by atoms with E-state index in [1.807, 2.05) is 13.8 Å². The van der Waals surface area contributed by atoms with E-state index in [4.69, 9.17) is 5.73 Å². The summed E-state index contributed by atoms with van der Waals surface area (Å²) in [6, 6.07) is -0.176. The molecule has 0 aromatic heterocycles. The summed E-state index contributed by atoms with van der Waals surface area (Å²) in [7, 11) is 1.75. The van der Waals surface area contributed by atoms with Gasteiger partial charge >= 0.3 is 0 Å². The number of primary amides is 1. The van der Waals surface area contributed by atoms with Crippen molar-refractivity contribution in [3.8, 4) is 0 Å². The predicted octanol–water partition coefficient (Wildman–Crippen LogP) is 0.106. The highest BCUT2D eigenvalue weighted by atomic mass is 16.1. The third-order valence-corrected chi connectivity index (χ3v) is 1.83. The van der Waals surface area contributed by atoms with Gasteiger partial charge in [0.25, 0.3) is 0 Å². The minimum atomic E-state index is -0.267. The molecule has 0 rings (SSSR count). The lowest BCUT2D eigenvalue weighted by Crippen LogP contribution is -2.43. The van der Waals surface area contributed by atoms with Crippen LogP contribution in [0.3, 0.4) is 0 Å². The molecule has 0 aliphatic rings. The number of hydrogen-bond donors (Lipinski definition) is 2. The number of nitrogens with two attached hydrogens (primary N) is 1. The molecule has 0 radical (unpaired) electrons. The molecule has 0 aromatic rings.